The van der Waals surface area contributed by atoms with Gasteiger partial charge in [-0.05, 0) is 30.3 Å². The van der Waals surface area contributed by atoms with Crippen LogP contribution in [0.4, 0.5) is 9.39 Å². The van der Waals surface area contributed by atoms with Gasteiger partial charge in [-0.25, -0.2) is 14.2 Å². The third-order valence-corrected chi connectivity index (χ3v) is 5.03. The van der Waals surface area contributed by atoms with Gasteiger partial charge in [0.2, 0.25) is 5.90 Å². The number of morpholine rings is 1. The number of aliphatic imine (C=N–C) groups is 1. The first-order valence-corrected chi connectivity index (χ1v) is 8.72. The number of thiophene rings is 1. The molecule has 0 unspecified atom stereocenters. The fourth-order valence-electron chi connectivity index (χ4n) is 2.67. The van der Waals surface area contributed by atoms with Crippen LogP contribution in [0.3, 0.4) is 0 Å². The van der Waals surface area contributed by atoms with Crippen molar-refractivity contribution in [2.45, 2.75) is 0 Å². The van der Waals surface area contributed by atoms with Crippen molar-refractivity contribution in [3.8, 4) is 0 Å². The molecule has 2 aliphatic heterocycles. The number of ether oxygens (including phenoxy) is 2. The summed E-state index contributed by atoms with van der Waals surface area (Å²) in [6.45, 7) is 3.15. The van der Waals surface area contributed by atoms with E-state index >= 15 is 0 Å². The molecule has 0 spiro atoms. The van der Waals surface area contributed by atoms with E-state index < -0.39 is 11.8 Å². The van der Waals surface area contributed by atoms with Crippen LogP contribution in [0.1, 0.15) is 10.4 Å². The summed E-state index contributed by atoms with van der Waals surface area (Å²) >= 11 is 1.57. The summed E-state index contributed by atoms with van der Waals surface area (Å²) < 4.78 is 24.3. The zero-order valence-electron chi connectivity index (χ0n) is 13.3. The number of anilines is 1. The Morgan fingerprint density at radius 3 is 2.76 bits per heavy atom. The number of hydrogen-bond donors (Lipinski definition) is 0. The molecule has 2 aliphatic rings. The Labute approximate surface area is 148 Å². The van der Waals surface area contributed by atoms with E-state index in [-0.39, 0.29) is 17.2 Å². The number of carbonyl (C=O) groups is 1. The van der Waals surface area contributed by atoms with Crippen LogP contribution < -0.4 is 4.90 Å². The molecular weight excluding hydrogens is 343 g/mol. The largest absolute Gasteiger partial charge is 0.402 e. The molecule has 0 aliphatic carbocycles. The lowest BCUT2D eigenvalue weighted by Gasteiger charge is -2.27. The molecule has 1 fully saturated rings. The van der Waals surface area contributed by atoms with Gasteiger partial charge in [-0.15, -0.1) is 11.3 Å². The van der Waals surface area contributed by atoms with Crippen molar-refractivity contribution in [2.24, 2.45) is 4.99 Å². The number of benzene rings is 1. The predicted molar refractivity (Wildman–Crippen MR) is 94.4 cm³/mol. The number of halogens is 1. The van der Waals surface area contributed by atoms with Crippen molar-refractivity contribution in [3.05, 3.63) is 58.4 Å². The molecule has 0 radical (unpaired) electrons. The van der Waals surface area contributed by atoms with Crippen LogP contribution in [0.15, 0.2) is 47.1 Å². The zero-order valence-corrected chi connectivity index (χ0v) is 14.1. The van der Waals surface area contributed by atoms with Gasteiger partial charge in [0.15, 0.2) is 5.70 Å². The summed E-state index contributed by atoms with van der Waals surface area (Å²) in [5, 5.41) is 1.12. The normalized spacial score (nSPS) is 19.2. The molecule has 25 heavy (non-hydrogen) atoms. The summed E-state index contributed by atoms with van der Waals surface area (Å²) in [4.78, 5) is 19.3. The molecule has 4 rings (SSSR count). The average molecular weight is 358 g/mol. The van der Waals surface area contributed by atoms with E-state index in [1.165, 1.54) is 12.1 Å². The summed E-state index contributed by atoms with van der Waals surface area (Å²) in [7, 11) is 0. The number of hydrogen-bond acceptors (Lipinski definition) is 6. The Kier molecular flexibility index (Phi) is 4.33. The maximum absolute atomic E-state index is 13.8. The monoisotopic (exact) mass is 358 g/mol. The average Bonchev–Trinajstić information content (AvgIpc) is 3.24. The van der Waals surface area contributed by atoms with Gasteiger partial charge in [0.25, 0.3) is 0 Å². The second-order valence-electron chi connectivity index (χ2n) is 5.59. The van der Waals surface area contributed by atoms with Gasteiger partial charge in [0.1, 0.15) is 5.82 Å². The first-order valence-electron chi connectivity index (χ1n) is 7.91. The maximum atomic E-state index is 13.8. The highest BCUT2D eigenvalue weighted by molar-refractivity contribution is 7.16. The van der Waals surface area contributed by atoms with E-state index in [0.29, 0.717) is 0 Å². The minimum Gasteiger partial charge on any atom is -0.402 e. The van der Waals surface area contributed by atoms with Crippen molar-refractivity contribution in [2.75, 3.05) is 31.2 Å². The Balaban J connectivity index is 1.58. The second-order valence-corrected chi connectivity index (χ2v) is 6.69. The number of nitrogens with zero attached hydrogens (tertiary/aromatic N) is 2. The Hall–Kier alpha value is -2.51. The third kappa shape index (κ3) is 3.33. The van der Waals surface area contributed by atoms with E-state index in [1.807, 2.05) is 12.1 Å². The van der Waals surface area contributed by atoms with Crippen molar-refractivity contribution < 1.29 is 18.7 Å². The Morgan fingerprint density at radius 2 is 1.96 bits per heavy atom. The molecular formula is C18H15FN2O3S. The second kappa shape index (κ2) is 6.78. The topological polar surface area (TPSA) is 51.1 Å². The molecule has 0 amide bonds. The first kappa shape index (κ1) is 16.0. The van der Waals surface area contributed by atoms with Gasteiger partial charge in [-0.1, -0.05) is 12.1 Å². The van der Waals surface area contributed by atoms with Crippen molar-refractivity contribution in [3.63, 3.8) is 0 Å². The van der Waals surface area contributed by atoms with E-state index in [0.717, 1.165) is 36.2 Å². The molecule has 0 atom stereocenters. The molecule has 2 aromatic rings. The van der Waals surface area contributed by atoms with Crippen LogP contribution >= 0.6 is 11.3 Å². The molecule has 7 heteroatoms. The minimum atomic E-state index is -0.570. The molecule has 5 nitrogen and oxygen atoms in total. The van der Waals surface area contributed by atoms with E-state index in [9.17, 15) is 9.18 Å². The lowest BCUT2D eigenvalue weighted by atomic mass is 10.2. The summed E-state index contributed by atoms with van der Waals surface area (Å²) in [6.07, 6.45) is 1.67. The van der Waals surface area contributed by atoms with Crippen LogP contribution in [0.25, 0.3) is 6.08 Å². The van der Waals surface area contributed by atoms with Gasteiger partial charge < -0.3 is 14.4 Å². The summed E-state index contributed by atoms with van der Waals surface area (Å²) in [5.74, 6) is -1.04. The van der Waals surface area contributed by atoms with E-state index in [1.54, 1.807) is 29.5 Å². The van der Waals surface area contributed by atoms with Crippen LogP contribution in [0, 0.1) is 5.82 Å². The maximum Gasteiger partial charge on any atom is 0.363 e. The zero-order chi connectivity index (χ0) is 17.2. The summed E-state index contributed by atoms with van der Waals surface area (Å²) in [5.41, 5.74) is 0.355. The smallest absolute Gasteiger partial charge is 0.363 e. The van der Waals surface area contributed by atoms with Gasteiger partial charge in [0.05, 0.1) is 23.8 Å². The van der Waals surface area contributed by atoms with Crippen molar-refractivity contribution >= 4 is 34.3 Å². The van der Waals surface area contributed by atoms with Gasteiger partial charge in [-0.2, -0.15) is 0 Å². The lowest BCUT2D eigenvalue weighted by molar-refractivity contribution is -0.129. The van der Waals surface area contributed by atoms with Crippen LogP contribution in [0.5, 0.6) is 0 Å². The predicted octanol–water partition coefficient (Wildman–Crippen LogP) is 3.07. The Morgan fingerprint density at radius 1 is 1.16 bits per heavy atom. The fourth-order valence-corrected chi connectivity index (χ4v) is 3.66. The van der Waals surface area contributed by atoms with Crippen LogP contribution in [0.2, 0.25) is 0 Å². The van der Waals surface area contributed by atoms with Crippen LogP contribution in [-0.4, -0.2) is 38.2 Å². The molecule has 3 heterocycles. The highest BCUT2D eigenvalue weighted by atomic mass is 32.1. The van der Waals surface area contributed by atoms with Gasteiger partial charge >= 0.3 is 5.97 Å². The van der Waals surface area contributed by atoms with E-state index in [4.69, 9.17) is 9.47 Å². The third-order valence-electron chi connectivity index (χ3n) is 3.94. The van der Waals surface area contributed by atoms with Gasteiger partial charge in [0, 0.05) is 18.0 Å². The molecule has 0 saturated carbocycles. The fraction of sp³-hybridized carbons (Fsp3) is 0.222. The highest BCUT2D eigenvalue weighted by Crippen LogP contribution is 2.29. The molecule has 128 valence electrons. The summed E-state index contributed by atoms with van der Waals surface area (Å²) in [6, 6.07) is 10.0. The molecule has 1 aromatic carbocycles. The minimum absolute atomic E-state index is 0.000640. The van der Waals surface area contributed by atoms with Gasteiger partial charge in [-0.3, -0.25) is 0 Å². The van der Waals surface area contributed by atoms with E-state index in [2.05, 4.69) is 9.89 Å². The van der Waals surface area contributed by atoms with Crippen LogP contribution in [-0.2, 0) is 14.3 Å². The number of cyclic esters (lactones) is 1. The van der Waals surface area contributed by atoms with Crippen molar-refractivity contribution in [1.29, 1.82) is 0 Å². The molecule has 0 bridgehead atoms. The Bertz CT molecular complexity index is 869. The number of rotatable bonds is 3. The quantitative estimate of drug-likeness (QED) is 0.625. The number of esters is 1. The lowest BCUT2D eigenvalue weighted by Crippen LogP contribution is -2.35. The standard InChI is InChI=1S/C18H15FN2O3S/c19-14-4-2-1-3-13(14)17-20-15(18(22)24-17)11-12-5-6-16(25-12)21-7-9-23-10-8-21/h1-6,11H,7-10H2. The first-order chi connectivity index (χ1) is 12.2. The van der Waals surface area contributed by atoms with Crippen molar-refractivity contribution in [1.82, 2.24) is 0 Å². The molecule has 1 aromatic heterocycles. The molecule has 0 N–H and O–H groups in total. The highest BCUT2D eigenvalue weighted by Gasteiger charge is 2.26. The number of carbonyl (C=O) groups excluding carboxylic acids is 1. The molecule has 1 saturated heterocycles. The SMILES string of the molecule is O=C1OC(c2ccccc2F)=NC1=Cc1ccc(N2CCOCC2)s1.